The van der Waals surface area contributed by atoms with Crippen molar-refractivity contribution in [3.8, 4) is 5.69 Å². The van der Waals surface area contributed by atoms with Crippen LogP contribution in [0.3, 0.4) is 0 Å². The fraction of sp³-hybridized carbons (Fsp3) is 0.118. The normalized spacial score (nSPS) is 11.2. The molecule has 0 saturated carbocycles. The molecule has 0 fully saturated rings. The number of carbonyl (C=O) groups excluding carboxylic acids is 1. The number of rotatable bonds is 3. The van der Waals surface area contributed by atoms with Gasteiger partial charge in [0, 0.05) is 11.5 Å². The van der Waals surface area contributed by atoms with Crippen LogP contribution in [0.4, 0.5) is 10.2 Å². The lowest BCUT2D eigenvalue weighted by Gasteiger charge is -2.02. The van der Waals surface area contributed by atoms with Gasteiger partial charge in [-0.3, -0.25) is 4.79 Å². The van der Waals surface area contributed by atoms with Crippen LogP contribution < -0.4 is 5.32 Å². The van der Waals surface area contributed by atoms with Crippen molar-refractivity contribution in [2.24, 2.45) is 0 Å². The third-order valence-corrected chi connectivity index (χ3v) is 4.82. The van der Waals surface area contributed by atoms with Crippen molar-refractivity contribution < 1.29 is 13.7 Å². The SMILES string of the molecule is Cc1cc(NC(=O)c2cc3c(C)nn(-c4ccc(F)cc4)c3s2)no1. The summed E-state index contributed by atoms with van der Waals surface area (Å²) in [5, 5.41) is 11.8. The van der Waals surface area contributed by atoms with Crippen molar-refractivity contribution in [1.82, 2.24) is 14.9 Å². The number of thiophene rings is 1. The molecule has 0 atom stereocenters. The van der Waals surface area contributed by atoms with Gasteiger partial charge in [0.2, 0.25) is 0 Å². The van der Waals surface area contributed by atoms with Gasteiger partial charge in [0.05, 0.1) is 16.3 Å². The van der Waals surface area contributed by atoms with E-state index in [-0.39, 0.29) is 11.7 Å². The second-order valence-corrected chi connectivity index (χ2v) is 6.61. The molecule has 126 valence electrons. The van der Waals surface area contributed by atoms with Gasteiger partial charge in [-0.05, 0) is 44.2 Å². The molecule has 6 nitrogen and oxygen atoms in total. The van der Waals surface area contributed by atoms with E-state index in [4.69, 9.17) is 4.52 Å². The Hall–Kier alpha value is -3.00. The molecule has 3 aromatic heterocycles. The van der Waals surface area contributed by atoms with Crippen LogP contribution in [0.5, 0.6) is 0 Å². The molecule has 25 heavy (non-hydrogen) atoms. The second-order valence-electron chi connectivity index (χ2n) is 5.58. The van der Waals surface area contributed by atoms with Gasteiger partial charge in [-0.2, -0.15) is 5.10 Å². The maximum Gasteiger partial charge on any atom is 0.267 e. The molecule has 0 saturated heterocycles. The molecule has 0 aliphatic heterocycles. The fourth-order valence-electron chi connectivity index (χ4n) is 2.52. The fourth-order valence-corrected chi connectivity index (χ4v) is 3.60. The quantitative estimate of drug-likeness (QED) is 0.600. The molecule has 3 heterocycles. The van der Waals surface area contributed by atoms with E-state index in [1.165, 1.54) is 23.5 Å². The summed E-state index contributed by atoms with van der Waals surface area (Å²) in [4.78, 5) is 13.8. The average molecular weight is 356 g/mol. The summed E-state index contributed by atoms with van der Waals surface area (Å²) in [6.07, 6.45) is 0. The van der Waals surface area contributed by atoms with E-state index in [0.29, 0.717) is 16.5 Å². The molecule has 0 unspecified atom stereocenters. The molecule has 1 amide bonds. The van der Waals surface area contributed by atoms with Gasteiger partial charge in [0.15, 0.2) is 5.82 Å². The van der Waals surface area contributed by atoms with Crippen molar-refractivity contribution in [3.05, 3.63) is 58.5 Å². The number of halogens is 1. The topological polar surface area (TPSA) is 73.0 Å². The van der Waals surface area contributed by atoms with Crippen LogP contribution in [0.2, 0.25) is 0 Å². The highest BCUT2D eigenvalue weighted by molar-refractivity contribution is 7.20. The van der Waals surface area contributed by atoms with E-state index in [9.17, 15) is 9.18 Å². The maximum absolute atomic E-state index is 13.1. The first kappa shape index (κ1) is 15.5. The van der Waals surface area contributed by atoms with Crippen LogP contribution in [0.1, 0.15) is 21.1 Å². The third-order valence-electron chi connectivity index (χ3n) is 3.71. The summed E-state index contributed by atoms with van der Waals surface area (Å²) < 4.78 is 19.8. The van der Waals surface area contributed by atoms with E-state index >= 15 is 0 Å². The maximum atomic E-state index is 13.1. The average Bonchev–Trinajstić information content (AvgIpc) is 3.26. The number of anilines is 1. The minimum Gasteiger partial charge on any atom is -0.360 e. The highest BCUT2D eigenvalue weighted by atomic mass is 32.1. The molecule has 0 radical (unpaired) electrons. The lowest BCUT2D eigenvalue weighted by atomic mass is 10.3. The third kappa shape index (κ3) is 2.80. The lowest BCUT2D eigenvalue weighted by molar-refractivity contribution is 0.102. The van der Waals surface area contributed by atoms with E-state index in [1.807, 2.05) is 6.92 Å². The first-order valence-electron chi connectivity index (χ1n) is 7.51. The number of nitrogens with zero attached hydrogens (tertiary/aromatic N) is 3. The lowest BCUT2D eigenvalue weighted by Crippen LogP contribution is -2.10. The summed E-state index contributed by atoms with van der Waals surface area (Å²) in [5.41, 5.74) is 1.53. The molecule has 4 aromatic rings. The molecule has 0 spiro atoms. The minimum atomic E-state index is -0.307. The standard InChI is InChI=1S/C17H13FN4O2S/c1-9-7-15(21-24-9)19-16(23)14-8-13-10(2)20-22(17(13)25-14)12-5-3-11(18)4-6-12/h3-8H,1-2H3,(H,19,21,23). The minimum absolute atomic E-state index is 0.264. The molecule has 1 aromatic carbocycles. The van der Waals surface area contributed by atoms with Crippen molar-refractivity contribution in [2.45, 2.75) is 13.8 Å². The number of amides is 1. The van der Waals surface area contributed by atoms with Gasteiger partial charge in [-0.25, -0.2) is 9.07 Å². The van der Waals surface area contributed by atoms with Crippen LogP contribution in [0.15, 0.2) is 40.9 Å². The van der Waals surface area contributed by atoms with Crippen molar-refractivity contribution in [3.63, 3.8) is 0 Å². The second kappa shape index (κ2) is 5.82. The first-order valence-corrected chi connectivity index (χ1v) is 8.33. The van der Waals surface area contributed by atoms with E-state index in [1.54, 1.807) is 35.9 Å². The number of aromatic nitrogens is 3. The van der Waals surface area contributed by atoms with Gasteiger partial charge < -0.3 is 9.84 Å². The molecule has 0 aliphatic rings. The summed E-state index contributed by atoms with van der Waals surface area (Å²) in [5.74, 6) is 0.420. The Morgan fingerprint density at radius 1 is 1.24 bits per heavy atom. The van der Waals surface area contributed by atoms with Crippen molar-refractivity contribution in [2.75, 3.05) is 5.32 Å². The Balaban J connectivity index is 1.71. The highest BCUT2D eigenvalue weighted by Crippen LogP contribution is 2.30. The monoisotopic (exact) mass is 356 g/mol. The Labute approximate surface area is 145 Å². The van der Waals surface area contributed by atoms with Gasteiger partial charge >= 0.3 is 0 Å². The molecule has 1 N–H and O–H groups in total. The Morgan fingerprint density at radius 2 is 2.00 bits per heavy atom. The van der Waals surface area contributed by atoms with Gasteiger partial charge in [0.1, 0.15) is 16.4 Å². The smallest absolute Gasteiger partial charge is 0.267 e. The Morgan fingerprint density at radius 3 is 2.68 bits per heavy atom. The predicted molar refractivity (Wildman–Crippen MR) is 92.8 cm³/mol. The van der Waals surface area contributed by atoms with Crippen molar-refractivity contribution in [1.29, 1.82) is 0 Å². The summed E-state index contributed by atoms with van der Waals surface area (Å²) in [7, 11) is 0. The largest absolute Gasteiger partial charge is 0.360 e. The molecule has 0 bridgehead atoms. The number of hydrogen-bond donors (Lipinski definition) is 1. The van der Waals surface area contributed by atoms with E-state index < -0.39 is 0 Å². The van der Waals surface area contributed by atoms with Crippen LogP contribution in [0, 0.1) is 19.7 Å². The molecule has 4 rings (SSSR count). The number of nitrogens with one attached hydrogen (secondary N) is 1. The number of benzene rings is 1. The summed E-state index contributed by atoms with van der Waals surface area (Å²) in [6, 6.07) is 9.51. The highest BCUT2D eigenvalue weighted by Gasteiger charge is 2.18. The number of fused-ring (bicyclic) bond motifs is 1. The van der Waals surface area contributed by atoms with Crippen LogP contribution in [-0.2, 0) is 0 Å². The number of hydrogen-bond acceptors (Lipinski definition) is 5. The summed E-state index contributed by atoms with van der Waals surface area (Å²) in [6.45, 7) is 3.63. The summed E-state index contributed by atoms with van der Waals surface area (Å²) >= 11 is 1.31. The first-order chi connectivity index (χ1) is 12.0. The Kier molecular flexibility index (Phi) is 3.61. The van der Waals surface area contributed by atoms with Crippen LogP contribution in [-0.4, -0.2) is 20.8 Å². The zero-order valence-corrected chi connectivity index (χ0v) is 14.2. The number of carbonyl (C=O) groups is 1. The molecular weight excluding hydrogens is 343 g/mol. The van der Waals surface area contributed by atoms with Crippen LogP contribution >= 0.6 is 11.3 Å². The van der Waals surface area contributed by atoms with Gasteiger partial charge in [0.25, 0.3) is 5.91 Å². The zero-order valence-electron chi connectivity index (χ0n) is 13.4. The van der Waals surface area contributed by atoms with E-state index in [2.05, 4.69) is 15.6 Å². The molecule has 0 aliphatic carbocycles. The molecule has 8 heteroatoms. The van der Waals surface area contributed by atoms with Gasteiger partial charge in [-0.15, -0.1) is 11.3 Å². The van der Waals surface area contributed by atoms with E-state index in [0.717, 1.165) is 21.6 Å². The molecular formula is C17H13FN4O2S. The predicted octanol–water partition coefficient (Wildman–Crippen LogP) is 4.08. The Bertz CT molecular complexity index is 1080. The van der Waals surface area contributed by atoms with Crippen molar-refractivity contribution >= 4 is 33.3 Å². The van der Waals surface area contributed by atoms with Crippen LogP contribution in [0.25, 0.3) is 15.9 Å². The number of aryl methyl sites for hydroxylation is 2. The zero-order chi connectivity index (χ0) is 17.6. The van der Waals surface area contributed by atoms with Gasteiger partial charge in [-0.1, -0.05) is 5.16 Å².